The average molecular weight is 249 g/mol. The van der Waals surface area contributed by atoms with Gasteiger partial charge in [0.25, 0.3) is 0 Å². The Balaban J connectivity index is 1.98. The van der Waals surface area contributed by atoms with E-state index in [0.29, 0.717) is 0 Å². The van der Waals surface area contributed by atoms with Crippen molar-refractivity contribution in [2.24, 2.45) is 5.41 Å². The predicted octanol–water partition coefficient (Wildman–Crippen LogP) is 4.84. The molecule has 2 rings (SSSR count). The molecular formula is C16H27NO. The minimum atomic E-state index is 0.224. The van der Waals surface area contributed by atoms with Crippen LogP contribution in [0.2, 0.25) is 0 Å². The van der Waals surface area contributed by atoms with Gasteiger partial charge in [-0.15, -0.1) is 0 Å². The van der Waals surface area contributed by atoms with E-state index in [1.54, 1.807) is 6.26 Å². The summed E-state index contributed by atoms with van der Waals surface area (Å²) < 4.78 is 5.74. The largest absolute Gasteiger partial charge is 0.466 e. The fraction of sp³-hybridized carbons (Fsp3) is 0.750. The molecule has 0 unspecified atom stereocenters. The van der Waals surface area contributed by atoms with Crippen LogP contribution in [-0.2, 0) is 4.74 Å². The van der Waals surface area contributed by atoms with Crippen molar-refractivity contribution in [3.8, 4) is 0 Å². The summed E-state index contributed by atoms with van der Waals surface area (Å²) >= 11 is 0. The Bertz CT molecular complexity index is 294. The fourth-order valence-corrected chi connectivity index (χ4v) is 3.08. The van der Waals surface area contributed by atoms with Crippen molar-refractivity contribution in [3.05, 3.63) is 24.4 Å². The van der Waals surface area contributed by atoms with Gasteiger partial charge >= 0.3 is 0 Å². The molecule has 1 N–H and O–H groups in total. The van der Waals surface area contributed by atoms with E-state index in [0.717, 1.165) is 5.76 Å². The first-order valence-electron chi connectivity index (χ1n) is 7.60. The SMILES string of the molecule is CC1(C2=CNC=CO2)CCCCCCCCCC1. The Morgan fingerprint density at radius 2 is 1.50 bits per heavy atom. The molecule has 0 atom stereocenters. The maximum absolute atomic E-state index is 5.74. The van der Waals surface area contributed by atoms with Gasteiger partial charge in [0.05, 0.1) is 0 Å². The number of hydrogen-bond donors (Lipinski definition) is 1. The third-order valence-electron chi connectivity index (χ3n) is 4.38. The van der Waals surface area contributed by atoms with Crippen LogP contribution in [0.15, 0.2) is 24.4 Å². The standard InChI is InChI=1S/C16H27NO/c1-16(15-14-17-12-13-18-15)10-8-6-4-2-3-5-7-9-11-16/h12-14,17H,2-11H2,1H3. The lowest BCUT2D eigenvalue weighted by atomic mass is 9.78. The third kappa shape index (κ3) is 3.79. The van der Waals surface area contributed by atoms with E-state index in [-0.39, 0.29) is 5.41 Å². The summed E-state index contributed by atoms with van der Waals surface area (Å²) in [6.07, 6.45) is 19.3. The van der Waals surface area contributed by atoms with E-state index in [9.17, 15) is 0 Å². The molecule has 1 aliphatic carbocycles. The first-order chi connectivity index (χ1) is 8.81. The van der Waals surface area contributed by atoms with Gasteiger partial charge in [-0.1, -0.05) is 58.3 Å². The van der Waals surface area contributed by atoms with Crippen molar-refractivity contribution in [3.63, 3.8) is 0 Å². The van der Waals surface area contributed by atoms with Crippen LogP contribution in [0, 0.1) is 5.41 Å². The van der Waals surface area contributed by atoms with Crippen molar-refractivity contribution in [2.75, 3.05) is 0 Å². The molecule has 0 saturated heterocycles. The highest BCUT2D eigenvalue weighted by Gasteiger charge is 2.30. The van der Waals surface area contributed by atoms with Crippen LogP contribution in [0.25, 0.3) is 0 Å². The molecular weight excluding hydrogens is 222 g/mol. The van der Waals surface area contributed by atoms with Gasteiger partial charge in [-0.3, -0.25) is 0 Å². The normalized spacial score (nSPS) is 25.3. The number of rotatable bonds is 1. The molecule has 0 aromatic carbocycles. The smallest absolute Gasteiger partial charge is 0.125 e. The van der Waals surface area contributed by atoms with E-state index in [1.165, 1.54) is 64.2 Å². The van der Waals surface area contributed by atoms with Crippen LogP contribution in [0.3, 0.4) is 0 Å². The summed E-state index contributed by atoms with van der Waals surface area (Å²) in [5.41, 5.74) is 0.224. The van der Waals surface area contributed by atoms with Gasteiger partial charge in [0.1, 0.15) is 12.0 Å². The second-order valence-electron chi connectivity index (χ2n) is 5.98. The molecule has 1 heterocycles. The highest BCUT2D eigenvalue weighted by atomic mass is 16.5. The first-order valence-corrected chi connectivity index (χ1v) is 7.60. The van der Waals surface area contributed by atoms with Crippen molar-refractivity contribution < 1.29 is 4.74 Å². The maximum Gasteiger partial charge on any atom is 0.125 e. The van der Waals surface area contributed by atoms with Crippen molar-refractivity contribution in [1.29, 1.82) is 0 Å². The lowest BCUT2D eigenvalue weighted by Gasteiger charge is -2.32. The second-order valence-corrected chi connectivity index (χ2v) is 5.98. The molecule has 2 nitrogen and oxygen atoms in total. The lowest BCUT2D eigenvalue weighted by molar-refractivity contribution is 0.176. The summed E-state index contributed by atoms with van der Waals surface area (Å²) in [7, 11) is 0. The summed E-state index contributed by atoms with van der Waals surface area (Å²) in [5.74, 6) is 1.13. The molecule has 0 aromatic heterocycles. The van der Waals surface area contributed by atoms with Gasteiger partial charge < -0.3 is 10.1 Å². The molecule has 2 aliphatic rings. The van der Waals surface area contributed by atoms with Crippen molar-refractivity contribution >= 4 is 0 Å². The number of nitrogens with one attached hydrogen (secondary N) is 1. The number of allylic oxidation sites excluding steroid dienone is 1. The molecule has 18 heavy (non-hydrogen) atoms. The molecule has 1 fully saturated rings. The molecule has 1 aliphatic heterocycles. The summed E-state index contributed by atoms with van der Waals surface area (Å²) in [4.78, 5) is 0. The predicted molar refractivity (Wildman–Crippen MR) is 75.7 cm³/mol. The Hall–Kier alpha value is -0.920. The maximum atomic E-state index is 5.74. The molecule has 2 heteroatoms. The summed E-state index contributed by atoms with van der Waals surface area (Å²) in [6, 6.07) is 0. The van der Waals surface area contributed by atoms with E-state index in [2.05, 4.69) is 12.2 Å². The lowest BCUT2D eigenvalue weighted by Crippen LogP contribution is -2.23. The van der Waals surface area contributed by atoms with E-state index < -0.39 is 0 Å². The molecule has 0 spiro atoms. The average Bonchev–Trinajstić information content (AvgIpc) is 2.46. The van der Waals surface area contributed by atoms with Crippen LogP contribution in [-0.4, -0.2) is 0 Å². The van der Waals surface area contributed by atoms with E-state index >= 15 is 0 Å². The van der Waals surface area contributed by atoms with Gasteiger partial charge in [-0.2, -0.15) is 0 Å². The molecule has 0 amide bonds. The van der Waals surface area contributed by atoms with Gasteiger partial charge in [0.15, 0.2) is 0 Å². The quantitative estimate of drug-likeness (QED) is 0.718. The molecule has 102 valence electrons. The van der Waals surface area contributed by atoms with Gasteiger partial charge in [0, 0.05) is 17.8 Å². The Kier molecular flexibility index (Phi) is 5.15. The van der Waals surface area contributed by atoms with Gasteiger partial charge in [-0.05, 0) is 12.8 Å². The fourth-order valence-electron chi connectivity index (χ4n) is 3.08. The topological polar surface area (TPSA) is 21.3 Å². The van der Waals surface area contributed by atoms with Gasteiger partial charge in [-0.25, -0.2) is 0 Å². The Morgan fingerprint density at radius 3 is 2.00 bits per heavy atom. The van der Waals surface area contributed by atoms with Crippen molar-refractivity contribution in [2.45, 2.75) is 71.1 Å². The molecule has 0 bridgehead atoms. The monoisotopic (exact) mass is 249 g/mol. The third-order valence-corrected chi connectivity index (χ3v) is 4.38. The second kappa shape index (κ2) is 6.86. The molecule has 0 radical (unpaired) electrons. The molecule has 1 saturated carbocycles. The molecule has 0 aromatic rings. The van der Waals surface area contributed by atoms with Gasteiger partial charge in [0.2, 0.25) is 0 Å². The van der Waals surface area contributed by atoms with Crippen molar-refractivity contribution in [1.82, 2.24) is 5.32 Å². The highest BCUT2D eigenvalue weighted by molar-refractivity contribution is 5.10. The summed E-state index contributed by atoms with van der Waals surface area (Å²) in [6.45, 7) is 2.37. The van der Waals surface area contributed by atoms with Crippen LogP contribution >= 0.6 is 0 Å². The van der Waals surface area contributed by atoms with Crippen LogP contribution in [0.4, 0.5) is 0 Å². The minimum absolute atomic E-state index is 0.224. The van der Waals surface area contributed by atoms with E-state index in [4.69, 9.17) is 4.74 Å². The number of ether oxygens (including phenoxy) is 1. The first kappa shape index (κ1) is 13.5. The number of hydrogen-bond acceptors (Lipinski definition) is 2. The Labute approximate surface area is 111 Å². The Morgan fingerprint density at radius 1 is 0.944 bits per heavy atom. The zero-order valence-corrected chi connectivity index (χ0v) is 11.7. The minimum Gasteiger partial charge on any atom is -0.466 e. The zero-order valence-electron chi connectivity index (χ0n) is 11.7. The van der Waals surface area contributed by atoms with Crippen LogP contribution in [0.1, 0.15) is 71.1 Å². The van der Waals surface area contributed by atoms with Crippen LogP contribution in [0.5, 0.6) is 0 Å². The van der Waals surface area contributed by atoms with E-state index in [1.807, 2.05) is 12.4 Å². The summed E-state index contributed by atoms with van der Waals surface area (Å²) in [5, 5.41) is 3.17. The van der Waals surface area contributed by atoms with Crippen LogP contribution < -0.4 is 5.32 Å². The zero-order chi connectivity index (χ0) is 12.7. The highest BCUT2D eigenvalue weighted by Crippen LogP contribution is 2.40.